The average molecular weight is 151 g/mol. The van der Waals surface area contributed by atoms with Gasteiger partial charge >= 0.3 is 0 Å². The van der Waals surface area contributed by atoms with E-state index >= 15 is 0 Å². The first-order valence-electron chi connectivity index (χ1n) is 3.41. The summed E-state index contributed by atoms with van der Waals surface area (Å²) in [6.07, 6.45) is 4.71. The molecule has 0 radical (unpaired) electrons. The van der Waals surface area contributed by atoms with Crippen LogP contribution in [0.5, 0.6) is 0 Å². The van der Waals surface area contributed by atoms with Crippen molar-refractivity contribution in [1.82, 2.24) is 4.98 Å². The molecule has 0 unspecified atom stereocenters. The smallest absolute Gasteiger partial charge is 0.128 e. The van der Waals surface area contributed by atoms with Crippen LogP contribution in [0.4, 0.5) is 4.39 Å². The van der Waals surface area contributed by atoms with Crippen molar-refractivity contribution in [2.45, 2.75) is 6.92 Å². The van der Waals surface area contributed by atoms with E-state index in [0.29, 0.717) is 5.56 Å². The minimum atomic E-state index is -0.221. The molecule has 1 aromatic heterocycles. The highest BCUT2D eigenvalue weighted by Gasteiger charge is 2.03. The number of rotatable bonds is 2. The third kappa shape index (κ3) is 1.40. The van der Waals surface area contributed by atoms with E-state index in [1.54, 1.807) is 25.3 Å². The lowest BCUT2D eigenvalue weighted by molar-refractivity contribution is 0.758. The summed E-state index contributed by atoms with van der Waals surface area (Å²) in [5, 5.41) is 0. The molecule has 0 spiro atoms. The number of hydrogen-bond acceptors (Lipinski definition) is 0. The fraction of sp³-hybridized carbons (Fsp3) is 0.111. The Kier molecular flexibility index (Phi) is 2.26. The Labute approximate surface area is 65.3 Å². The molecule has 0 amide bonds. The van der Waals surface area contributed by atoms with Gasteiger partial charge in [-0.2, -0.15) is 0 Å². The Morgan fingerprint density at radius 3 is 3.00 bits per heavy atom. The van der Waals surface area contributed by atoms with Gasteiger partial charge < -0.3 is 4.98 Å². The molecule has 0 aliphatic heterocycles. The summed E-state index contributed by atoms with van der Waals surface area (Å²) in [7, 11) is 0. The quantitative estimate of drug-likeness (QED) is 0.668. The monoisotopic (exact) mass is 151 g/mol. The maximum absolute atomic E-state index is 12.9. The maximum Gasteiger partial charge on any atom is 0.128 e. The number of hydrogen-bond donors (Lipinski definition) is 1. The molecule has 0 saturated carbocycles. The second-order valence-corrected chi connectivity index (χ2v) is 2.15. The number of aromatic nitrogens is 1. The van der Waals surface area contributed by atoms with E-state index in [9.17, 15) is 4.39 Å². The first-order valence-corrected chi connectivity index (χ1v) is 3.41. The molecule has 0 saturated heterocycles. The summed E-state index contributed by atoms with van der Waals surface area (Å²) in [5.74, 6) is -0.221. The van der Waals surface area contributed by atoms with Gasteiger partial charge in [0.25, 0.3) is 0 Å². The fourth-order valence-corrected chi connectivity index (χ4v) is 0.915. The number of allylic oxidation sites excluding steroid dienone is 1. The lowest BCUT2D eigenvalue weighted by Crippen LogP contribution is -1.77. The second kappa shape index (κ2) is 3.19. The first kappa shape index (κ1) is 7.79. The molecule has 0 aliphatic carbocycles. The van der Waals surface area contributed by atoms with Gasteiger partial charge in [-0.25, -0.2) is 4.39 Å². The van der Waals surface area contributed by atoms with Crippen LogP contribution >= 0.6 is 0 Å². The third-order valence-electron chi connectivity index (χ3n) is 1.49. The first-order chi connectivity index (χ1) is 5.29. The second-order valence-electron chi connectivity index (χ2n) is 2.15. The van der Waals surface area contributed by atoms with Gasteiger partial charge in [-0.15, -0.1) is 0 Å². The molecule has 1 nitrogen and oxygen atoms in total. The van der Waals surface area contributed by atoms with E-state index in [1.807, 2.05) is 0 Å². The van der Waals surface area contributed by atoms with Crippen LogP contribution in [-0.4, -0.2) is 4.98 Å². The van der Waals surface area contributed by atoms with Crippen molar-refractivity contribution in [3.63, 3.8) is 0 Å². The number of halogens is 1. The zero-order chi connectivity index (χ0) is 8.27. The van der Waals surface area contributed by atoms with Crippen LogP contribution in [0, 0.1) is 0 Å². The van der Waals surface area contributed by atoms with E-state index in [1.165, 1.54) is 6.08 Å². The summed E-state index contributed by atoms with van der Waals surface area (Å²) in [4.78, 5) is 2.87. The van der Waals surface area contributed by atoms with Crippen molar-refractivity contribution in [3.8, 4) is 0 Å². The predicted molar refractivity (Wildman–Crippen MR) is 45.6 cm³/mol. The van der Waals surface area contributed by atoms with Gasteiger partial charge in [0.1, 0.15) is 5.83 Å². The van der Waals surface area contributed by atoms with Crippen molar-refractivity contribution in [1.29, 1.82) is 0 Å². The van der Waals surface area contributed by atoms with Crippen LogP contribution in [0.2, 0.25) is 0 Å². The van der Waals surface area contributed by atoms with E-state index in [4.69, 9.17) is 0 Å². The Balaban J connectivity index is 3.12. The molecule has 0 bridgehead atoms. The van der Waals surface area contributed by atoms with Gasteiger partial charge in [0.2, 0.25) is 0 Å². The predicted octanol–water partition coefficient (Wildman–Crippen LogP) is 2.99. The number of H-pyrrole nitrogens is 1. The van der Waals surface area contributed by atoms with Crippen molar-refractivity contribution in [3.05, 3.63) is 36.2 Å². The molecule has 1 aromatic rings. The lowest BCUT2D eigenvalue weighted by atomic mass is 10.2. The van der Waals surface area contributed by atoms with Crippen LogP contribution in [0.15, 0.2) is 24.9 Å². The topological polar surface area (TPSA) is 15.8 Å². The maximum atomic E-state index is 12.9. The standard InChI is InChI=1S/C9H10FN/c1-3-8(10)7-5-6-11-9(7)4-2/h3-6,11H,2H2,1H3/b8-3+. The third-order valence-corrected chi connectivity index (χ3v) is 1.49. The zero-order valence-electron chi connectivity index (χ0n) is 6.39. The summed E-state index contributed by atoms with van der Waals surface area (Å²) >= 11 is 0. The molecule has 0 aromatic carbocycles. The summed E-state index contributed by atoms with van der Waals surface area (Å²) in [6, 6.07) is 1.69. The lowest BCUT2D eigenvalue weighted by Gasteiger charge is -1.93. The molecule has 58 valence electrons. The van der Waals surface area contributed by atoms with Crippen LogP contribution < -0.4 is 0 Å². The highest BCUT2D eigenvalue weighted by atomic mass is 19.1. The SMILES string of the molecule is C=Cc1[nH]ccc1/C(F)=C\C. The van der Waals surface area contributed by atoms with Crippen LogP contribution in [0.1, 0.15) is 18.2 Å². The van der Waals surface area contributed by atoms with Crippen molar-refractivity contribution < 1.29 is 4.39 Å². The fourth-order valence-electron chi connectivity index (χ4n) is 0.915. The zero-order valence-corrected chi connectivity index (χ0v) is 6.39. The van der Waals surface area contributed by atoms with Crippen LogP contribution in [-0.2, 0) is 0 Å². The summed E-state index contributed by atoms with van der Waals surface area (Å²) in [6.45, 7) is 5.22. The minimum absolute atomic E-state index is 0.221. The van der Waals surface area contributed by atoms with Gasteiger partial charge in [0, 0.05) is 17.5 Å². The minimum Gasteiger partial charge on any atom is -0.361 e. The van der Waals surface area contributed by atoms with Crippen molar-refractivity contribution in [2.24, 2.45) is 0 Å². The van der Waals surface area contributed by atoms with Crippen molar-refractivity contribution >= 4 is 11.9 Å². The van der Waals surface area contributed by atoms with Gasteiger partial charge in [0.05, 0.1) is 0 Å². The Hall–Kier alpha value is -1.31. The van der Waals surface area contributed by atoms with Gasteiger partial charge in [-0.1, -0.05) is 12.7 Å². The highest BCUT2D eigenvalue weighted by Crippen LogP contribution is 2.19. The molecule has 1 rings (SSSR count). The molecule has 0 aliphatic rings. The van der Waals surface area contributed by atoms with E-state index in [-0.39, 0.29) is 5.83 Å². The normalized spacial score (nSPS) is 11.6. The van der Waals surface area contributed by atoms with Crippen molar-refractivity contribution in [2.75, 3.05) is 0 Å². The van der Waals surface area contributed by atoms with E-state index < -0.39 is 0 Å². The largest absolute Gasteiger partial charge is 0.361 e. The number of aromatic amines is 1. The molecule has 11 heavy (non-hydrogen) atoms. The van der Waals surface area contributed by atoms with E-state index in [0.717, 1.165) is 5.69 Å². The molecule has 1 N–H and O–H groups in total. The van der Waals surface area contributed by atoms with Gasteiger partial charge in [-0.3, -0.25) is 0 Å². The molecule has 1 heterocycles. The summed E-state index contributed by atoms with van der Waals surface area (Å²) in [5.41, 5.74) is 1.29. The average Bonchev–Trinajstić information content (AvgIpc) is 2.50. The summed E-state index contributed by atoms with van der Waals surface area (Å²) < 4.78 is 12.9. The Bertz CT molecular complexity index is 284. The molecule has 0 fully saturated rings. The van der Waals surface area contributed by atoms with Crippen LogP contribution in [0.25, 0.3) is 11.9 Å². The molecular formula is C9H10FN. The molecule has 0 atom stereocenters. The van der Waals surface area contributed by atoms with E-state index in [2.05, 4.69) is 11.6 Å². The Morgan fingerprint density at radius 2 is 2.45 bits per heavy atom. The van der Waals surface area contributed by atoms with Crippen LogP contribution in [0.3, 0.4) is 0 Å². The van der Waals surface area contributed by atoms with Gasteiger partial charge in [0.15, 0.2) is 0 Å². The number of nitrogens with one attached hydrogen (secondary N) is 1. The van der Waals surface area contributed by atoms with Gasteiger partial charge in [-0.05, 0) is 19.1 Å². The molecular weight excluding hydrogens is 141 g/mol. The molecule has 2 heteroatoms. The Morgan fingerprint density at radius 1 is 1.73 bits per heavy atom. The highest BCUT2D eigenvalue weighted by molar-refractivity contribution is 5.67.